The quantitative estimate of drug-likeness (QED) is 0.644. The van der Waals surface area contributed by atoms with Crippen LogP contribution in [0.4, 0.5) is 0 Å². The van der Waals surface area contributed by atoms with E-state index in [9.17, 15) is 9.90 Å². The Labute approximate surface area is 144 Å². The molecule has 3 rings (SSSR count). The van der Waals surface area contributed by atoms with Crippen LogP contribution in [0.5, 0.6) is 5.75 Å². The van der Waals surface area contributed by atoms with Crippen LogP contribution in [0.3, 0.4) is 0 Å². The van der Waals surface area contributed by atoms with Gasteiger partial charge in [-0.3, -0.25) is 9.69 Å². The van der Waals surface area contributed by atoms with Crippen molar-refractivity contribution in [1.82, 2.24) is 10.2 Å². The first-order valence-electron chi connectivity index (χ1n) is 8.18. The molecule has 0 radical (unpaired) electrons. The zero-order valence-corrected chi connectivity index (χ0v) is 14.6. The van der Waals surface area contributed by atoms with Crippen molar-refractivity contribution in [1.29, 1.82) is 0 Å². The van der Waals surface area contributed by atoms with Crippen LogP contribution >= 0.6 is 15.9 Å². The van der Waals surface area contributed by atoms with Crippen molar-refractivity contribution in [3.05, 3.63) is 28.2 Å². The highest BCUT2D eigenvalue weighted by atomic mass is 79.9. The van der Waals surface area contributed by atoms with Crippen LogP contribution in [-0.2, 0) is 11.3 Å². The highest BCUT2D eigenvalue weighted by molar-refractivity contribution is 9.10. The van der Waals surface area contributed by atoms with E-state index in [-0.39, 0.29) is 12.3 Å². The second-order valence-corrected chi connectivity index (χ2v) is 7.60. The number of nitrogens with zero attached hydrogens (tertiary/aromatic N) is 1. The summed E-state index contributed by atoms with van der Waals surface area (Å²) in [4.78, 5) is 13.2. The number of carboxylic acids is 1. The number of benzene rings is 1. The van der Waals surface area contributed by atoms with Crippen molar-refractivity contribution in [2.24, 2.45) is 5.92 Å². The molecule has 126 valence electrons. The van der Waals surface area contributed by atoms with Gasteiger partial charge in [0.25, 0.3) is 0 Å². The van der Waals surface area contributed by atoms with Crippen molar-refractivity contribution in [2.45, 2.75) is 44.3 Å². The Kier molecular flexibility index (Phi) is 5.24. The summed E-state index contributed by atoms with van der Waals surface area (Å²) < 4.78 is 0.986. The number of halogens is 1. The van der Waals surface area contributed by atoms with Crippen LogP contribution in [0.2, 0.25) is 0 Å². The van der Waals surface area contributed by atoms with Crippen molar-refractivity contribution < 1.29 is 15.0 Å². The first kappa shape index (κ1) is 16.7. The number of hydrogen-bond donors (Lipinski definition) is 3. The van der Waals surface area contributed by atoms with Gasteiger partial charge in [0, 0.05) is 29.6 Å². The summed E-state index contributed by atoms with van der Waals surface area (Å²) in [6.45, 7) is 1.79. The maximum Gasteiger partial charge on any atom is 0.317 e. The van der Waals surface area contributed by atoms with Gasteiger partial charge in [-0.25, -0.2) is 0 Å². The molecule has 0 aromatic heterocycles. The molecule has 3 N–H and O–H groups in total. The number of carbonyl (C=O) groups is 1. The summed E-state index contributed by atoms with van der Waals surface area (Å²) in [5, 5.41) is 22.1. The molecule has 6 heteroatoms. The number of aromatic hydroxyl groups is 1. The predicted molar refractivity (Wildman–Crippen MR) is 91.4 cm³/mol. The fourth-order valence-electron chi connectivity index (χ4n) is 3.15. The molecular formula is C17H23BrN2O3. The Balaban J connectivity index is 1.45. The predicted octanol–water partition coefficient (Wildman–Crippen LogP) is 2.57. The highest BCUT2D eigenvalue weighted by Crippen LogP contribution is 2.34. The Hall–Kier alpha value is -1.11. The Morgan fingerprint density at radius 1 is 1.35 bits per heavy atom. The lowest BCUT2D eigenvalue weighted by Gasteiger charge is -2.43. The molecule has 0 spiro atoms. The second kappa shape index (κ2) is 7.20. The molecule has 0 amide bonds. The fourth-order valence-corrected chi connectivity index (χ4v) is 3.54. The van der Waals surface area contributed by atoms with Crippen molar-refractivity contribution >= 4 is 21.9 Å². The monoisotopic (exact) mass is 382 g/mol. The van der Waals surface area contributed by atoms with Gasteiger partial charge in [-0.15, -0.1) is 0 Å². The maximum atomic E-state index is 11.0. The SMILES string of the molecule is O=C(O)CN(CC1CC1)C1CC(NCc2cc(O)ccc2Br)C1. The third-order valence-corrected chi connectivity index (χ3v) is 5.54. The number of nitrogens with one attached hydrogen (secondary N) is 1. The van der Waals surface area contributed by atoms with E-state index in [1.807, 2.05) is 6.07 Å². The number of rotatable bonds is 8. The fraction of sp³-hybridized carbons (Fsp3) is 0.588. The zero-order valence-electron chi connectivity index (χ0n) is 13.0. The van der Waals surface area contributed by atoms with Crippen molar-refractivity contribution in [2.75, 3.05) is 13.1 Å². The molecule has 2 saturated carbocycles. The van der Waals surface area contributed by atoms with Crippen LogP contribution in [0.1, 0.15) is 31.2 Å². The molecule has 1 aromatic carbocycles. The lowest BCUT2D eigenvalue weighted by atomic mass is 9.85. The number of aliphatic carboxylic acids is 1. The summed E-state index contributed by atoms with van der Waals surface area (Å²) in [6.07, 6.45) is 4.49. The van der Waals surface area contributed by atoms with E-state index in [4.69, 9.17) is 5.11 Å². The lowest BCUT2D eigenvalue weighted by molar-refractivity contribution is -0.139. The molecule has 5 nitrogen and oxygen atoms in total. The van der Waals surface area contributed by atoms with Crippen LogP contribution in [0.25, 0.3) is 0 Å². The van der Waals surface area contributed by atoms with Gasteiger partial charge < -0.3 is 15.5 Å². The lowest BCUT2D eigenvalue weighted by Crippen LogP contribution is -2.54. The molecule has 1 aromatic rings. The topological polar surface area (TPSA) is 72.8 Å². The van der Waals surface area contributed by atoms with Crippen molar-refractivity contribution in [3.8, 4) is 5.75 Å². The smallest absolute Gasteiger partial charge is 0.317 e. The molecule has 2 fully saturated rings. The van der Waals surface area contributed by atoms with Gasteiger partial charge in [0.05, 0.1) is 6.54 Å². The number of hydrogen-bond acceptors (Lipinski definition) is 4. The summed E-state index contributed by atoms with van der Waals surface area (Å²) in [6, 6.07) is 6.08. The van der Waals surface area contributed by atoms with Crippen molar-refractivity contribution in [3.63, 3.8) is 0 Å². The number of carboxylic acid groups (broad SMARTS) is 1. The molecule has 0 saturated heterocycles. The number of phenolic OH excluding ortho intramolecular Hbond substituents is 1. The molecule has 23 heavy (non-hydrogen) atoms. The third-order valence-electron chi connectivity index (χ3n) is 4.77. The molecule has 0 bridgehead atoms. The Morgan fingerprint density at radius 3 is 2.74 bits per heavy atom. The van der Waals surface area contributed by atoms with Gasteiger partial charge in [0.15, 0.2) is 0 Å². The van der Waals surface area contributed by atoms with Crippen LogP contribution in [0, 0.1) is 5.92 Å². The second-order valence-electron chi connectivity index (χ2n) is 6.75. The average Bonchev–Trinajstić information content (AvgIpc) is 3.24. The van der Waals surface area contributed by atoms with Crippen LogP contribution in [0.15, 0.2) is 22.7 Å². The van der Waals surface area contributed by atoms with E-state index in [2.05, 4.69) is 26.1 Å². The van der Waals surface area contributed by atoms with E-state index in [0.29, 0.717) is 24.5 Å². The molecule has 0 heterocycles. The molecule has 2 aliphatic rings. The first-order chi connectivity index (χ1) is 11.0. The maximum absolute atomic E-state index is 11.0. The summed E-state index contributed by atoms with van der Waals surface area (Å²) >= 11 is 3.49. The molecule has 0 aliphatic heterocycles. The molecule has 0 unspecified atom stereocenters. The van der Waals surface area contributed by atoms with Gasteiger partial charge in [-0.1, -0.05) is 15.9 Å². The van der Waals surface area contributed by atoms with Gasteiger partial charge in [-0.05, 0) is 55.4 Å². The third kappa shape index (κ3) is 4.68. The van der Waals surface area contributed by atoms with E-state index in [0.717, 1.165) is 29.4 Å². The van der Waals surface area contributed by atoms with E-state index in [1.54, 1.807) is 12.1 Å². The molecule has 0 atom stereocenters. The zero-order chi connectivity index (χ0) is 16.4. The normalized spacial score (nSPS) is 23.7. The van der Waals surface area contributed by atoms with Crippen LogP contribution in [-0.4, -0.2) is 46.3 Å². The Morgan fingerprint density at radius 2 is 2.09 bits per heavy atom. The summed E-state index contributed by atoms with van der Waals surface area (Å²) in [5.74, 6) is 0.254. The minimum absolute atomic E-state index is 0.159. The van der Waals surface area contributed by atoms with E-state index in [1.165, 1.54) is 12.8 Å². The Bertz CT molecular complexity index is 571. The van der Waals surface area contributed by atoms with Gasteiger partial charge in [-0.2, -0.15) is 0 Å². The van der Waals surface area contributed by atoms with Gasteiger partial charge >= 0.3 is 5.97 Å². The van der Waals surface area contributed by atoms with Gasteiger partial charge in [0.2, 0.25) is 0 Å². The average molecular weight is 383 g/mol. The molecular weight excluding hydrogens is 360 g/mol. The van der Waals surface area contributed by atoms with Crippen LogP contribution < -0.4 is 5.32 Å². The van der Waals surface area contributed by atoms with E-state index < -0.39 is 5.97 Å². The van der Waals surface area contributed by atoms with Gasteiger partial charge in [0.1, 0.15) is 5.75 Å². The molecule has 2 aliphatic carbocycles. The minimum Gasteiger partial charge on any atom is -0.508 e. The highest BCUT2D eigenvalue weighted by Gasteiger charge is 2.36. The largest absolute Gasteiger partial charge is 0.508 e. The summed E-state index contributed by atoms with van der Waals surface area (Å²) in [5.41, 5.74) is 1.04. The minimum atomic E-state index is -0.731. The first-order valence-corrected chi connectivity index (χ1v) is 8.97. The number of phenols is 1. The summed E-state index contributed by atoms with van der Waals surface area (Å²) in [7, 11) is 0. The van der Waals surface area contributed by atoms with E-state index >= 15 is 0 Å². The standard InChI is InChI=1S/C17H23BrN2O3/c18-16-4-3-15(21)5-12(16)8-19-13-6-14(7-13)20(10-17(22)23)9-11-1-2-11/h3-5,11,13-14,19,21H,1-2,6-10H2,(H,22,23).